The second-order valence-electron chi connectivity index (χ2n) is 12.3. The van der Waals surface area contributed by atoms with E-state index in [0.29, 0.717) is 19.4 Å². The predicted molar refractivity (Wildman–Crippen MR) is 153 cm³/mol. The minimum Gasteiger partial charge on any atom is -0.445 e. The van der Waals surface area contributed by atoms with Gasteiger partial charge in [-0.05, 0) is 36.2 Å². The molecule has 1 saturated heterocycles. The molecule has 5 amide bonds. The lowest BCUT2D eigenvalue weighted by Crippen LogP contribution is -2.59. The zero-order valence-electron chi connectivity index (χ0n) is 24.4. The molecule has 1 aliphatic carbocycles. The first kappa shape index (κ1) is 31.9. The van der Waals surface area contributed by atoms with Crippen LogP contribution in [0.25, 0.3) is 0 Å². The summed E-state index contributed by atoms with van der Waals surface area (Å²) in [5, 5.41) is 10.9. The Bertz CT molecular complexity index is 1070. The average Bonchev–Trinajstić information content (AvgIpc) is 3.34. The number of alkyl carbamates (subject to hydrolysis) is 1. The Morgan fingerprint density at radius 1 is 0.927 bits per heavy atom. The van der Waals surface area contributed by atoms with Gasteiger partial charge in [-0.3, -0.25) is 19.2 Å². The maximum atomic E-state index is 13.6. The van der Waals surface area contributed by atoms with Crippen molar-refractivity contribution in [2.75, 3.05) is 6.54 Å². The molecular formula is C30H45N5O6. The van der Waals surface area contributed by atoms with Crippen LogP contribution >= 0.6 is 0 Å². The van der Waals surface area contributed by atoms with Crippen LogP contribution in [-0.2, 0) is 30.5 Å². The molecule has 41 heavy (non-hydrogen) atoms. The zero-order chi connectivity index (χ0) is 30.0. The molecule has 1 aromatic rings. The third-order valence-electron chi connectivity index (χ3n) is 7.87. The molecule has 4 atom stereocenters. The Morgan fingerprint density at radius 2 is 1.59 bits per heavy atom. The van der Waals surface area contributed by atoms with Crippen LogP contribution < -0.4 is 27.0 Å². The molecule has 226 valence electrons. The monoisotopic (exact) mass is 571 g/mol. The summed E-state index contributed by atoms with van der Waals surface area (Å²) in [5.41, 5.74) is 5.70. The van der Waals surface area contributed by atoms with Crippen LogP contribution in [0.4, 0.5) is 4.79 Å². The van der Waals surface area contributed by atoms with E-state index >= 15 is 0 Å². The molecule has 6 N–H and O–H groups in total. The number of ether oxygens (including phenoxy) is 1. The molecule has 2 aliphatic rings. The number of nitrogens with one attached hydrogen (secondary N) is 4. The van der Waals surface area contributed by atoms with Crippen LogP contribution in [0.3, 0.4) is 0 Å². The topological polar surface area (TPSA) is 169 Å². The Hall–Kier alpha value is -3.63. The molecular weight excluding hydrogens is 526 g/mol. The normalized spacial score (nSPS) is 19.8. The molecule has 0 aromatic heterocycles. The van der Waals surface area contributed by atoms with Gasteiger partial charge < -0.3 is 31.7 Å². The molecule has 3 rings (SSSR count). The highest BCUT2D eigenvalue weighted by atomic mass is 16.5. The van der Waals surface area contributed by atoms with E-state index in [-0.39, 0.29) is 24.9 Å². The van der Waals surface area contributed by atoms with Crippen molar-refractivity contribution in [1.29, 1.82) is 0 Å². The highest BCUT2D eigenvalue weighted by Crippen LogP contribution is 2.28. The van der Waals surface area contributed by atoms with Crippen molar-refractivity contribution in [3.05, 3.63) is 35.9 Å². The molecule has 11 heteroatoms. The summed E-state index contributed by atoms with van der Waals surface area (Å²) in [5.74, 6) is -2.17. The average molecular weight is 572 g/mol. The molecule has 0 spiro atoms. The number of benzene rings is 1. The first-order chi connectivity index (χ1) is 19.4. The Morgan fingerprint density at radius 3 is 2.17 bits per heavy atom. The lowest BCUT2D eigenvalue weighted by molar-refractivity contribution is -0.133. The quantitative estimate of drug-likeness (QED) is 0.258. The van der Waals surface area contributed by atoms with Crippen molar-refractivity contribution in [3.63, 3.8) is 0 Å². The van der Waals surface area contributed by atoms with Crippen molar-refractivity contribution in [2.24, 2.45) is 23.0 Å². The van der Waals surface area contributed by atoms with Crippen LogP contribution in [0.5, 0.6) is 0 Å². The van der Waals surface area contributed by atoms with Crippen LogP contribution in [-0.4, -0.2) is 54.4 Å². The Kier molecular flexibility index (Phi) is 11.5. The predicted octanol–water partition coefficient (Wildman–Crippen LogP) is 2.28. The van der Waals surface area contributed by atoms with Crippen LogP contribution in [0.2, 0.25) is 0 Å². The number of hydrogen-bond acceptors (Lipinski definition) is 6. The number of carbonyl (C=O) groups excluding carboxylic acids is 5. The van der Waals surface area contributed by atoms with Gasteiger partial charge in [-0.15, -0.1) is 0 Å². The van der Waals surface area contributed by atoms with Gasteiger partial charge in [0, 0.05) is 12.5 Å². The van der Waals surface area contributed by atoms with E-state index in [1.807, 2.05) is 30.3 Å². The van der Waals surface area contributed by atoms with Crippen molar-refractivity contribution in [1.82, 2.24) is 21.3 Å². The van der Waals surface area contributed by atoms with Crippen molar-refractivity contribution in [3.8, 4) is 0 Å². The standard InChI is InChI=1S/C30H45N5O6/c1-30(2,3)24(35-29(40)41-18-20-12-8-5-9-13-20)28(39)34-23(16-19-10-6-4-7-11-19)27(38)33-22(25(31)36)17-21-14-15-32-26(21)37/h5,8-9,12-13,19,21-24H,4,6-7,10-11,14-18H2,1-3H3,(H2,31,36)(H,32,37)(H,33,38)(H,34,39)(H,35,40)/t21-,22-,23-,24+/m0/s1. The van der Waals surface area contributed by atoms with Crippen molar-refractivity contribution >= 4 is 29.7 Å². The van der Waals surface area contributed by atoms with E-state index < -0.39 is 53.3 Å². The fourth-order valence-electron chi connectivity index (χ4n) is 5.47. The van der Waals surface area contributed by atoms with E-state index in [1.54, 1.807) is 20.8 Å². The molecule has 1 saturated carbocycles. The smallest absolute Gasteiger partial charge is 0.408 e. The summed E-state index contributed by atoms with van der Waals surface area (Å²) in [6.07, 6.45) is 5.40. The van der Waals surface area contributed by atoms with Crippen molar-refractivity contribution < 1.29 is 28.7 Å². The largest absolute Gasteiger partial charge is 0.445 e. The van der Waals surface area contributed by atoms with E-state index in [2.05, 4.69) is 21.3 Å². The van der Waals surface area contributed by atoms with Gasteiger partial charge in [0.05, 0.1) is 0 Å². The third-order valence-corrected chi connectivity index (χ3v) is 7.87. The van der Waals surface area contributed by atoms with Gasteiger partial charge in [0.1, 0.15) is 24.7 Å². The first-order valence-corrected chi connectivity index (χ1v) is 14.6. The van der Waals surface area contributed by atoms with Crippen LogP contribution in [0, 0.1) is 17.3 Å². The first-order valence-electron chi connectivity index (χ1n) is 14.6. The van der Waals surface area contributed by atoms with Gasteiger partial charge in [-0.25, -0.2) is 4.79 Å². The fourth-order valence-corrected chi connectivity index (χ4v) is 5.47. The SMILES string of the molecule is CC(C)(C)[C@H](NC(=O)OCc1ccccc1)C(=O)N[C@@H](CC1CCCCC1)C(=O)N[C@@H](C[C@@H]1CCNC1=O)C(N)=O. The third kappa shape index (κ3) is 10.1. The van der Waals surface area contributed by atoms with Gasteiger partial charge in [-0.2, -0.15) is 0 Å². The zero-order valence-corrected chi connectivity index (χ0v) is 24.4. The number of amides is 5. The molecule has 0 unspecified atom stereocenters. The number of hydrogen-bond donors (Lipinski definition) is 5. The summed E-state index contributed by atoms with van der Waals surface area (Å²) in [6, 6.07) is 6.20. The minimum atomic E-state index is -1.05. The number of primary amides is 1. The number of rotatable bonds is 12. The maximum Gasteiger partial charge on any atom is 0.408 e. The molecule has 0 bridgehead atoms. The number of nitrogens with two attached hydrogens (primary N) is 1. The highest BCUT2D eigenvalue weighted by Gasteiger charge is 2.37. The van der Waals surface area contributed by atoms with Gasteiger partial charge in [0.15, 0.2) is 0 Å². The van der Waals surface area contributed by atoms with E-state index in [0.717, 1.165) is 37.7 Å². The highest BCUT2D eigenvalue weighted by molar-refractivity contribution is 5.94. The van der Waals surface area contributed by atoms with E-state index in [4.69, 9.17) is 10.5 Å². The summed E-state index contributed by atoms with van der Waals surface area (Å²) < 4.78 is 5.34. The van der Waals surface area contributed by atoms with Crippen LogP contribution in [0.15, 0.2) is 30.3 Å². The summed E-state index contributed by atoms with van der Waals surface area (Å²) in [4.78, 5) is 64.1. The summed E-state index contributed by atoms with van der Waals surface area (Å²) >= 11 is 0. The van der Waals surface area contributed by atoms with E-state index in [1.165, 1.54) is 0 Å². The van der Waals surface area contributed by atoms with Gasteiger partial charge >= 0.3 is 6.09 Å². The van der Waals surface area contributed by atoms with Gasteiger partial charge in [0.25, 0.3) is 0 Å². The second-order valence-corrected chi connectivity index (χ2v) is 12.3. The molecule has 1 aromatic carbocycles. The molecule has 2 fully saturated rings. The minimum absolute atomic E-state index is 0.0470. The molecule has 1 aliphatic heterocycles. The lowest BCUT2D eigenvalue weighted by Gasteiger charge is -2.33. The second kappa shape index (κ2) is 14.8. The Balaban J connectivity index is 1.71. The lowest BCUT2D eigenvalue weighted by atomic mass is 9.83. The van der Waals surface area contributed by atoms with Crippen molar-refractivity contribution in [2.45, 2.75) is 96.9 Å². The maximum absolute atomic E-state index is 13.6. The van der Waals surface area contributed by atoms with Gasteiger partial charge in [-0.1, -0.05) is 83.2 Å². The molecule has 11 nitrogen and oxygen atoms in total. The molecule has 0 radical (unpaired) electrons. The summed E-state index contributed by atoms with van der Waals surface area (Å²) in [7, 11) is 0. The van der Waals surface area contributed by atoms with Gasteiger partial charge in [0.2, 0.25) is 23.6 Å². The van der Waals surface area contributed by atoms with Crippen LogP contribution in [0.1, 0.15) is 77.7 Å². The number of carbonyl (C=O) groups is 5. The fraction of sp³-hybridized carbons (Fsp3) is 0.633. The van der Waals surface area contributed by atoms with E-state index in [9.17, 15) is 24.0 Å². The Labute approximate surface area is 242 Å². The molecule has 1 heterocycles. The summed E-state index contributed by atoms with van der Waals surface area (Å²) in [6.45, 7) is 5.98.